The zero-order valence-corrected chi connectivity index (χ0v) is 12.9. The smallest absolute Gasteiger partial charge is 0.412 e. The highest BCUT2D eigenvalue weighted by Crippen LogP contribution is 2.37. The van der Waals surface area contributed by atoms with Crippen molar-refractivity contribution in [2.75, 3.05) is 0 Å². The number of rotatable bonds is 5. The van der Waals surface area contributed by atoms with Gasteiger partial charge in [-0.3, -0.25) is 0 Å². The molecule has 22 heavy (non-hydrogen) atoms. The minimum atomic E-state index is -4.34. The van der Waals surface area contributed by atoms with Gasteiger partial charge in [0.15, 0.2) is 0 Å². The van der Waals surface area contributed by atoms with Crippen molar-refractivity contribution in [3.05, 3.63) is 42.2 Å². The van der Waals surface area contributed by atoms with E-state index in [1.807, 2.05) is 12.1 Å². The molecule has 0 spiro atoms. The molecule has 0 saturated heterocycles. The number of ether oxygens (including phenoxy) is 1. The zero-order chi connectivity index (χ0) is 16.0. The first-order valence-electron chi connectivity index (χ1n) is 7.99. The fraction of sp³-hybridized carbons (Fsp3) is 0.556. The standard InChI is InChI=1S/C18H23F3O/c1-2-3-14-4-6-15(7-5-14)16-8-10-17(11-9-16)22-13-12-18(19,20)21/h8-15H,2-7H2,1H3/b13-12-. The van der Waals surface area contributed by atoms with Crippen LogP contribution in [0.5, 0.6) is 5.75 Å². The molecule has 1 aliphatic carbocycles. The van der Waals surface area contributed by atoms with Crippen LogP contribution in [0.25, 0.3) is 0 Å². The van der Waals surface area contributed by atoms with Crippen LogP contribution < -0.4 is 4.74 Å². The van der Waals surface area contributed by atoms with Crippen LogP contribution >= 0.6 is 0 Å². The summed E-state index contributed by atoms with van der Waals surface area (Å²) in [7, 11) is 0. The number of halogens is 3. The van der Waals surface area contributed by atoms with Crippen molar-refractivity contribution in [1.82, 2.24) is 0 Å². The lowest BCUT2D eigenvalue weighted by molar-refractivity contribution is -0.0809. The molecule has 0 N–H and O–H groups in total. The number of allylic oxidation sites excluding steroid dienone is 1. The van der Waals surface area contributed by atoms with Gasteiger partial charge in [0, 0.05) is 0 Å². The lowest BCUT2D eigenvalue weighted by Gasteiger charge is -2.28. The van der Waals surface area contributed by atoms with E-state index in [2.05, 4.69) is 6.92 Å². The minimum Gasteiger partial charge on any atom is -0.465 e. The molecule has 0 amide bonds. The van der Waals surface area contributed by atoms with Crippen molar-refractivity contribution in [3.8, 4) is 5.75 Å². The lowest BCUT2D eigenvalue weighted by Crippen LogP contribution is -2.13. The van der Waals surface area contributed by atoms with Gasteiger partial charge in [0.05, 0.1) is 12.3 Å². The van der Waals surface area contributed by atoms with E-state index in [1.54, 1.807) is 12.1 Å². The summed E-state index contributed by atoms with van der Waals surface area (Å²) >= 11 is 0. The first kappa shape index (κ1) is 16.9. The van der Waals surface area contributed by atoms with E-state index in [4.69, 9.17) is 4.74 Å². The number of benzene rings is 1. The molecule has 1 aromatic rings. The average Bonchev–Trinajstić information content (AvgIpc) is 2.48. The third-order valence-corrected chi connectivity index (χ3v) is 4.36. The Labute approximate surface area is 130 Å². The Kier molecular flexibility index (Phi) is 5.92. The molecular weight excluding hydrogens is 289 g/mol. The largest absolute Gasteiger partial charge is 0.465 e. The Balaban J connectivity index is 1.86. The third-order valence-electron chi connectivity index (χ3n) is 4.36. The maximum atomic E-state index is 12.0. The Hall–Kier alpha value is -1.45. The molecule has 0 atom stereocenters. The Morgan fingerprint density at radius 1 is 1.09 bits per heavy atom. The van der Waals surface area contributed by atoms with Crippen molar-refractivity contribution < 1.29 is 17.9 Å². The third kappa shape index (κ3) is 5.39. The summed E-state index contributed by atoms with van der Waals surface area (Å²) in [5.41, 5.74) is 1.27. The van der Waals surface area contributed by atoms with Crippen molar-refractivity contribution in [2.45, 2.75) is 57.5 Å². The quantitative estimate of drug-likeness (QED) is 0.587. The molecule has 0 aromatic heterocycles. The summed E-state index contributed by atoms with van der Waals surface area (Å²) in [5.74, 6) is 1.88. The number of hydrogen-bond acceptors (Lipinski definition) is 1. The second-order valence-corrected chi connectivity index (χ2v) is 6.04. The van der Waals surface area contributed by atoms with E-state index >= 15 is 0 Å². The molecule has 4 heteroatoms. The summed E-state index contributed by atoms with van der Waals surface area (Å²) in [6.45, 7) is 2.23. The van der Waals surface area contributed by atoms with E-state index in [0.717, 1.165) is 5.92 Å². The first-order chi connectivity index (χ1) is 10.5. The van der Waals surface area contributed by atoms with Crippen LogP contribution in [0, 0.1) is 5.92 Å². The molecule has 0 bridgehead atoms. The minimum absolute atomic E-state index is 0.0932. The molecule has 1 nitrogen and oxygen atoms in total. The summed E-state index contributed by atoms with van der Waals surface area (Å²) in [6.07, 6.45) is 4.00. The normalized spacial score (nSPS) is 22.9. The van der Waals surface area contributed by atoms with Gasteiger partial charge in [-0.15, -0.1) is 0 Å². The van der Waals surface area contributed by atoms with Crippen LogP contribution in [0.4, 0.5) is 13.2 Å². The summed E-state index contributed by atoms with van der Waals surface area (Å²) < 4.78 is 40.9. The van der Waals surface area contributed by atoms with Gasteiger partial charge >= 0.3 is 6.18 Å². The summed E-state index contributed by atoms with van der Waals surface area (Å²) in [4.78, 5) is 0. The monoisotopic (exact) mass is 312 g/mol. The van der Waals surface area contributed by atoms with E-state index in [9.17, 15) is 13.2 Å². The van der Waals surface area contributed by atoms with E-state index in [1.165, 1.54) is 44.1 Å². The van der Waals surface area contributed by atoms with Gasteiger partial charge in [-0.2, -0.15) is 13.2 Å². The SMILES string of the molecule is CCCC1CCC(c2ccc(O/C=C\C(F)(F)F)cc2)CC1. The Morgan fingerprint density at radius 3 is 2.27 bits per heavy atom. The van der Waals surface area contributed by atoms with Gasteiger partial charge in [-0.05, 0) is 55.2 Å². The van der Waals surface area contributed by atoms with Gasteiger partial charge in [0.25, 0.3) is 0 Å². The molecule has 0 aliphatic heterocycles. The van der Waals surface area contributed by atoms with Crippen LogP contribution in [0.3, 0.4) is 0 Å². The van der Waals surface area contributed by atoms with Crippen LogP contribution in [-0.2, 0) is 0 Å². The first-order valence-corrected chi connectivity index (χ1v) is 7.99. The maximum absolute atomic E-state index is 12.0. The van der Waals surface area contributed by atoms with Crippen LogP contribution in [0.1, 0.15) is 56.9 Å². The number of alkyl halides is 3. The number of hydrogen-bond donors (Lipinski definition) is 0. The molecule has 1 aliphatic rings. The molecule has 2 rings (SSSR count). The highest BCUT2D eigenvalue weighted by molar-refractivity contribution is 5.30. The maximum Gasteiger partial charge on any atom is 0.412 e. The highest BCUT2D eigenvalue weighted by atomic mass is 19.4. The summed E-state index contributed by atoms with van der Waals surface area (Å²) in [6, 6.07) is 7.44. The van der Waals surface area contributed by atoms with Gasteiger partial charge in [-0.25, -0.2) is 0 Å². The molecule has 0 heterocycles. The summed E-state index contributed by atoms with van der Waals surface area (Å²) in [5, 5.41) is 0. The van der Waals surface area contributed by atoms with Gasteiger partial charge in [0.1, 0.15) is 5.75 Å². The van der Waals surface area contributed by atoms with Crippen LogP contribution in [-0.4, -0.2) is 6.18 Å². The van der Waals surface area contributed by atoms with E-state index in [-0.39, 0.29) is 6.08 Å². The van der Waals surface area contributed by atoms with Crippen molar-refractivity contribution >= 4 is 0 Å². The fourth-order valence-electron chi connectivity index (χ4n) is 3.20. The predicted molar refractivity (Wildman–Crippen MR) is 81.9 cm³/mol. The molecule has 0 unspecified atom stereocenters. The van der Waals surface area contributed by atoms with Crippen molar-refractivity contribution in [3.63, 3.8) is 0 Å². The second-order valence-electron chi connectivity index (χ2n) is 6.04. The molecular formula is C18H23F3O. The van der Waals surface area contributed by atoms with Crippen LogP contribution in [0.15, 0.2) is 36.6 Å². The van der Waals surface area contributed by atoms with E-state index < -0.39 is 6.18 Å². The molecule has 1 saturated carbocycles. The molecule has 1 fully saturated rings. The Bertz CT molecular complexity index is 468. The second kappa shape index (κ2) is 7.70. The average molecular weight is 312 g/mol. The zero-order valence-electron chi connectivity index (χ0n) is 12.9. The molecule has 1 aromatic carbocycles. The van der Waals surface area contributed by atoms with Gasteiger partial charge in [-0.1, -0.05) is 31.9 Å². The van der Waals surface area contributed by atoms with Crippen LogP contribution in [0.2, 0.25) is 0 Å². The topological polar surface area (TPSA) is 9.23 Å². The van der Waals surface area contributed by atoms with Crippen molar-refractivity contribution in [1.29, 1.82) is 0 Å². The molecule has 0 radical (unpaired) electrons. The lowest BCUT2D eigenvalue weighted by atomic mass is 9.77. The predicted octanol–water partition coefficient (Wildman–Crippen LogP) is 6.22. The highest BCUT2D eigenvalue weighted by Gasteiger charge is 2.23. The van der Waals surface area contributed by atoms with E-state index in [0.29, 0.717) is 17.9 Å². The Morgan fingerprint density at radius 2 is 1.73 bits per heavy atom. The fourth-order valence-corrected chi connectivity index (χ4v) is 3.20. The van der Waals surface area contributed by atoms with Gasteiger partial charge < -0.3 is 4.74 Å². The van der Waals surface area contributed by atoms with Gasteiger partial charge in [0.2, 0.25) is 0 Å². The van der Waals surface area contributed by atoms with Crippen molar-refractivity contribution in [2.24, 2.45) is 5.92 Å². The molecule has 122 valence electrons.